The molecule has 3 rings (SSSR count). The van der Waals surface area contributed by atoms with Crippen molar-refractivity contribution in [2.45, 2.75) is 0 Å². The number of nitrogens with one attached hydrogen (secondary N) is 1. The van der Waals surface area contributed by atoms with Crippen LogP contribution in [0.4, 0.5) is 0 Å². The molecule has 0 atom stereocenters. The maximum Gasteiger partial charge on any atom is 0.219 e. The lowest BCUT2D eigenvalue weighted by atomic mass is 10.2. The zero-order chi connectivity index (χ0) is 16.4. The number of aromatic nitrogens is 3. The number of hydrogen-bond donors (Lipinski definition) is 1. The van der Waals surface area contributed by atoms with Crippen molar-refractivity contribution in [3.63, 3.8) is 0 Å². The Bertz CT molecular complexity index is 892. The second kappa shape index (κ2) is 6.81. The van der Waals surface area contributed by atoms with Crippen LogP contribution in [0.5, 0.6) is 5.75 Å². The number of hydrogen-bond acceptors (Lipinski definition) is 5. The van der Waals surface area contributed by atoms with Crippen molar-refractivity contribution in [3.8, 4) is 17.3 Å². The Kier molecular flexibility index (Phi) is 4.79. The lowest BCUT2D eigenvalue weighted by Crippen LogP contribution is -1.95. The maximum atomic E-state index is 5.34. The van der Waals surface area contributed by atoms with Crippen LogP contribution in [-0.4, -0.2) is 28.2 Å². The van der Waals surface area contributed by atoms with Crippen molar-refractivity contribution in [1.82, 2.24) is 14.9 Å². The fourth-order valence-electron chi connectivity index (χ4n) is 1.94. The quantitative estimate of drug-likeness (QED) is 0.458. The highest BCUT2D eigenvalue weighted by molar-refractivity contribution is 9.11. The second-order valence-corrected chi connectivity index (χ2v) is 6.50. The van der Waals surface area contributed by atoms with Gasteiger partial charge < -0.3 is 9.15 Å². The molecule has 0 radical (unpaired) electrons. The Hall–Kier alpha value is -1.71. The molecule has 0 aliphatic rings. The van der Waals surface area contributed by atoms with E-state index in [2.05, 4.69) is 47.2 Å². The summed E-state index contributed by atoms with van der Waals surface area (Å²) in [5.41, 5.74) is 0.859. The molecule has 6 nitrogen and oxygen atoms in total. The molecule has 0 amide bonds. The lowest BCUT2D eigenvalue weighted by molar-refractivity contribution is 0.409. The fourth-order valence-corrected chi connectivity index (χ4v) is 3.66. The monoisotopic (exact) mass is 456 g/mol. The number of aromatic amines is 1. The number of halogens is 2. The fraction of sp³-hybridized carbons (Fsp3) is 0.0714. The Morgan fingerprint density at radius 2 is 2.13 bits per heavy atom. The molecule has 1 aromatic carbocycles. The van der Waals surface area contributed by atoms with Crippen molar-refractivity contribution in [2.24, 2.45) is 5.10 Å². The standard InChI is InChI=1S/C14H10Br2N4O2S/c1-21-12-9(15)5-8(6-10(12)16)7-17-20-13(18-19-14(20)23)11-3-2-4-22-11/h2-7H,1H3,(H,19,23)/b17-7-. The van der Waals surface area contributed by atoms with Gasteiger partial charge in [-0.15, -0.1) is 5.10 Å². The van der Waals surface area contributed by atoms with Crippen LogP contribution in [-0.2, 0) is 0 Å². The first-order valence-corrected chi connectivity index (χ1v) is 8.38. The summed E-state index contributed by atoms with van der Waals surface area (Å²) in [5, 5.41) is 11.2. The minimum absolute atomic E-state index is 0.374. The maximum absolute atomic E-state index is 5.34. The average Bonchev–Trinajstić information content (AvgIpc) is 3.14. The number of ether oxygens (including phenoxy) is 1. The summed E-state index contributed by atoms with van der Waals surface area (Å²) < 4.78 is 14.1. The molecule has 23 heavy (non-hydrogen) atoms. The highest BCUT2D eigenvalue weighted by Crippen LogP contribution is 2.34. The molecule has 0 aliphatic carbocycles. The number of nitrogens with zero attached hydrogens (tertiary/aromatic N) is 3. The van der Waals surface area contributed by atoms with Crippen molar-refractivity contribution in [1.29, 1.82) is 0 Å². The number of rotatable bonds is 4. The third-order valence-electron chi connectivity index (χ3n) is 2.94. The van der Waals surface area contributed by atoms with Crippen molar-refractivity contribution in [3.05, 3.63) is 49.8 Å². The molecule has 0 unspecified atom stereocenters. The van der Waals surface area contributed by atoms with Gasteiger partial charge in [0.15, 0.2) is 5.76 Å². The van der Waals surface area contributed by atoms with Crippen LogP contribution in [0.15, 0.2) is 49.0 Å². The van der Waals surface area contributed by atoms with Crippen molar-refractivity contribution >= 4 is 50.3 Å². The van der Waals surface area contributed by atoms with Gasteiger partial charge in [-0.05, 0) is 73.9 Å². The van der Waals surface area contributed by atoms with Gasteiger partial charge in [0.1, 0.15) is 5.75 Å². The lowest BCUT2D eigenvalue weighted by Gasteiger charge is -2.06. The molecule has 3 aromatic rings. The van der Waals surface area contributed by atoms with Crippen LogP contribution < -0.4 is 4.74 Å². The zero-order valence-electron chi connectivity index (χ0n) is 11.8. The third-order valence-corrected chi connectivity index (χ3v) is 4.38. The van der Waals surface area contributed by atoms with E-state index in [4.69, 9.17) is 21.4 Å². The van der Waals surface area contributed by atoms with E-state index in [1.54, 1.807) is 31.7 Å². The second-order valence-electron chi connectivity index (χ2n) is 4.40. The van der Waals surface area contributed by atoms with Gasteiger partial charge in [0.05, 0.1) is 28.5 Å². The smallest absolute Gasteiger partial charge is 0.219 e. The van der Waals surface area contributed by atoms with Crippen molar-refractivity contribution in [2.75, 3.05) is 7.11 Å². The Balaban J connectivity index is 1.99. The summed E-state index contributed by atoms with van der Waals surface area (Å²) in [6.45, 7) is 0. The van der Waals surface area contributed by atoms with Gasteiger partial charge in [-0.3, -0.25) is 0 Å². The number of benzene rings is 1. The molecular formula is C14H10Br2N4O2S. The predicted molar refractivity (Wildman–Crippen MR) is 96.5 cm³/mol. The van der Waals surface area contributed by atoms with Gasteiger partial charge in [-0.1, -0.05) is 0 Å². The first-order chi connectivity index (χ1) is 11.1. The van der Waals surface area contributed by atoms with E-state index in [-0.39, 0.29) is 0 Å². The summed E-state index contributed by atoms with van der Waals surface area (Å²) in [6.07, 6.45) is 3.24. The largest absolute Gasteiger partial charge is 0.494 e. The zero-order valence-corrected chi connectivity index (χ0v) is 15.8. The molecule has 2 heterocycles. The molecule has 9 heteroatoms. The summed E-state index contributed by atoms with van der Waals surface area (Å²) in [5.74, 6) is 1.80. The Morgan fingerprint density at radius 1 is 1.39 bits per heavy atom. The van der Waals surface area contributed by atoms with Crippen LogP contribution >= 0.6 is 44.1 Å². The van der Waals surface area contributed by atoms with Crippen LogP contribution in [0.3, 0.4) is 0 Å². The first-order valence-electron chi connectivity index (χ1n) is 6.39. The summed E-state index contributed by atoms with van der Waals surface area (Å²) >= 11 is 12.1. The van der Waals surface area contributed by atoms with Gasteiger partial charge in [-0.25, -0.2) is 5.10 Å². The number of H-pyrrole nitrogens is 1. The van der Waals surface area contributed by atoms with Gasteiger partial charge in [0, 0.05) is 0 Å². The summed E-state index contributed by atoms with van der Waals surface area (Å²) in [4.78, 5) is 0. The number of furan rings is 1. The van der Waals surface area contributed by atoms with Crippen LogP contribution in [0.25, 0.3) is 11.6 Å². The van der Waals surface area contributed by atoms with E-state index in [0.717, 1.165) is 20.3 Å². The molecule has 0 saturated carbocycles. The molecule has 2 aromatic heterocycles. The minimum atomic E-state index is 0.374. The minimum Gasteiger partial charge on any atom is -0.494 e. The highest BCUT2D eigenvalue weighted by Gasteiger charge is 2.11. The normalized spacial score (nSPS) is 11.3. The summed E-state index contributed by atoms with van der Waals surface area (Å²) in [7, 11) is 1.61. The van der Waals surface area contributed by atoms with E-state index in [1.165, 1.54) is 4.68 Å². The molecule has 0 spiro atoms. The van der Waals surface area contributed by atoms with E-state index >= 15 is 0 Å². The van der Waals surface area contributed by atoms with E-state index in [9.17, 15) is 0 Å². The van der Waals surface area contributed by atoms with E-state index in [0.29, 0.717) is 16.4 Å². The molecule has 0 aliphatic heterocycles. The van der Waals surface area contributed by atoms with Gasteiger partial charge in [0.25, 0.3) is 0 Å². The molecule has 0 bridgehead atoms. The molecular weight excluding hydrogens is 448 g/mol. The van der Waals surface area contributed by atoms with E-state index < -0.39 is 0 Å². The first kappa shape index (κ1) is 16.2. The van der Waals surface area contributed by atoms with Crippen LogP contribution in [0.1, 0.15) is 5.56 Å². The number of methoxy groups -OCH3 is 1. The van der Waals surface area contributed by atoms with E-state index in [1.807, 2.05) is 12.1 Å². The molecule has 1 N–H and O–H groups in total. The van der Waals surface area contributed by atoms with Gasteiger partial charge in [-0.2, -0.15) is 9.78 Å². The SMILES string of the molecule is COc1c(Br)cc(/C=N\n2c(-c3ccco3)n[nH]c2=S)cc1Br. The average molecular weight is 458 g/mol. The molecule has 0 saturated heterocycles. The topological polar surface area (TPSA) is 68.3 Å². The van der Waals surface area contributed by atoms with Crippen LogP contribution in [0.2, 0.25) is 0 Å². The Morgan fingerprint density at radius 3 is 2.74 bits per heavy atom. The van der Waals surface area contributed by atoms with Gasteiger partial charge in [0.2, 0.25) is 10.6 Å². The predicted octanol–water partition coefficient (Wildman–Crippen LogP) is 4.62. The highest BCUT2D eigenvalue weighted by atomic mass is 79.9. The third kappa shape index (κ3) is 3.31. The Labute approximate surface area is 153 Å². The van der Waals surface area contributed by atoms with Crippen molar-refractivity contribution < 1.29 is 9.15 Å². The van der Waals surface area contributed by atoms with Crippen LogP contribution in [0, 0.1) is 4.77 Å². The molecule has 118 valence electrons. The summed E-state index contributed by atoms with van der Waals surface area (Å²) in [6, 6.07) is 7.35. The van der Waals surface area contributed by atoms with Gasteiger partial charge >= 0.3 is 0 Å². The molecule has 0 fully saturated rings.